The number of ether oxygens (including phenoxy) is 1. The van der Waals surface area contributed by atoms with Gasteiger partial charge in [-0.3, -0.25) is 4.55 Å². The highest BCUT2D eigenvalue weighted by atomic mass is 32.2. The Labute approximate surface area is 117 Å². The molecule has 1 rings (SSSR count). The lowest BCUT2D eigenvalue weighted by atomic mass is 9.85. The quantitative estimate of drug-likeness (QED) is 0.480. The van der Waals surface area contributed by atoms with Crippen LogP contribution in [0.15, 0.2) is 12.1 Å². The van der Waals surface area contributed by atoms with Crippen LogP contribution < -0.4 is 4.74 Å². The van der Waals surface area contributed by atoms with Crippen molar-refractivity contribution in [2.45, 2.75) is 19.0 Å². The molecule has 4 nitrogen and oxygen atoms in total. The Hall–Kier alpha value is -0.875. The van der Waals surface area contributed by atoms with Gasteiger partial charge in [0.2, 0.25) is 0 Å². The summed E-state index contributed by atoms with van der Waals surface area (Å²) in [4.78, 5) is 0. The molecule has 0 bridgehead atoms. The van der Waals surface area contributed by atoms with E-state index in [1.165, 1.54) is 5.56 Å². The van der Waals surface area contributed by atoms with E-state index < -0.39 is 10.1 Å². The minimum absolute atomic E-state index is 0.0235. The molecule has 19 heavy (non-hydrogen) atoms. The summed E-state index contributed by atoms with van der Waals surface area (Å²) in [6.07, 6.45) is 2.63. The number of hydrogen-bond acceptors (Lipinski definition) is 3. The van der Waals surface area contributed by atoms with Crippen molar-refractivity contribution in [3.8, 4) is 5.75 Å². The lowest BCUT2D eigenvalue weighted by molar-refractivity contribution is 0.330. The summed E-state index contributed by atoms with van der Waals surface area (Å²) in [5.74, 6) is 0.389. The van der Waals surface area contributed by atoms with E-state index in [0.29, 0.717) is 0 Å². The molecule has 102 valence electrons. The molecular formula is C11H19B3O4S. The van der Waals surface area contributed by atoms with Crippen molar-refractivity contribution in [1.82, 2.24) is 0 Å². The molecule has 8 heteroatoms. The van der Waals surface area contributed by atoms with Crippen molar-refractivity contribution in [3.63, 3.8) is 0 Å². The van der Waals surface area contributed by atoms with Crippen molar-refractivity contribution in [2.75, 3.05) is 12.4 Å². The maximum Gasteiger partial charge on any atom is 0.268 e. The van der Waals surface area contributed by atoms with Crippen LogP contribution in [0.1, 0.15) is 16.7 Å². The maximum atomic E-state index is 10.7. The van der Waals surface area contributed by atoms with Crippen LogP contribution in [0.3, 0.4) is 0 Å². The smallest absolute Gasteiger partial charge is 0.268 e. The Balaban J connectivity index is 2.97. The van der Waals surface area contributed by atoms with Gasteiger partial charge in [-0.1, -0.05) is 36.7 Å². The van der Waals surface area contributed by atoms with E-state index in [1.807, 2.05) is 15.7 Å². The molecule has 0 unspecified atom stereocenters. The van der Waals surface area contributed by atoms with Gasteiger partial charge >= 0.3 is 0 Å². The summed E-state index contributed by atoms with van der Waals surface area (Å²) >= 11 is 0. The van der Waals surface area contributed by atoms with Gasteiger partial charge in [-0.25, -0.2) is 0 Å². The fraction of sp³-hybridized carbons (Fsp3) is 0.455. The van der Waals surface area contributed by atoms with Crippen LogP contribution in [-0.4, -0.2) is 48.9 Å². The molecule has 0 atom stereocenters. The van der Waals surface area contributed by atoms with Gasteiger partial charge < -0.3 is 4.74 Å². The SMILES string of the molecule is BCc1cc(CB)c(OCCS(=O)(=O)O)c(CB)c1. The van der Waals surface area contributed by atoms with E-state index >= 15 is 0 Å². The summed E-state index contributed by atoms with van der Waals surface area (Å²) in [6, 6.07) is 4.20. The molecule has 0 aliphatic rings. The number of rotatable bonds is 7. The maximum absolute atomic E-state index is 10.7. The second-order valence-electron chi connectivity index (χ2n) is 4.44. The van der Waals surface area contributed by atoms with Gasteiger partial charge in [0.25, 0.3) is 10.1 Å². The zero-order chi connectivity index (χ0) is 14.5. The van der Waals surface area contributed by atoms with Crippen molar-refractivity contribution in [3.05, 3.63) is 28.8 Å². The van der Waals surface area contributed by atoms with E-state index in [4.69, 9.17) is 9.29 Å². The largest absolute Gasteiger partial charge is 0.492 e. The topological polar surface area (TPSA) is 63.6 Å². The molecule has 1 aromatic carbocycles. The molecule has 0 amide bonds. The zero-order valence-electron chi connectivity index (χ0n) is 11.8. The third-order valence-corrected chi connectivity index (χ3v) is 3.74. The molecule has 0 heterocycles. The average Bonchev–Trinajstić information content (AvgIpc) is 2.37. The molecule has 0 fully saturated rings. The van der Waals surface area contributed by atoms with Crippen LogP contribution in [0.2, 0.25) is 0 Å². The first kappa shape index (κ1) is 16.2. The second-order valence-corrected chi connectivity index (χ2v) is 6.01. The van der Waals surface area contributed by atoms with Crippen LogP contribution in [0.4, 0.5) is 0 Å². The Morgan fingerprint density at radius 3 is 1.95 bits per heavy atom. The third-order valence-electron chi connectivity index (χ3n) is 3.06. The van der Waals surface area contributed by atoms with Crippen molar-refractivity contribution >= 4 is 33.7 Å². The van der Waals surface area contributed by atoms with Gasteiger partial charge in [-0.05, 0) is 11.1 Å². The van der Waals surface area contributed by atoms with Crippen molar-refractivity contribution in [1.29, 1.82) is 0 Å². The Bertz CT molecular complexity index is 506. The minimum Gasteiger partial charge on any atom is -0.492 e. The van der Waals surface area contributed by atoms with Gasteiger partial charge in [0.1, 0.15) is 41.6 Å². The zero-order valence-corrected chi connectivity index (χ0v) is 12.6. The van der Waals surface area contributed by atoms with Crippen LogP contribution in [0.5, 0.6) is 5.75 Å². The summed E-state index contributed by atoms with van der Waals surface area (Å²) < 4.78 is 35.7. The molecule has 0 saturated heterocycles. The van der Waals surface area contributed by atoms with E-state index in [2.05, 4.69) is 20.0 Å². The predicted molar refractivity (Wildman–Crippen MR) is 85.1 cm³/mol. The number of hydrogen-bond donors (Lipinski definition) is 1. The highest BCUT2D eigenvalue weighted by Gasteiger charge is 2.11. The molecule has 1 aromatic rings. The van der Waals surface area contributed by atoms with E-state index in [1.54, 1.807) is 0 Å². The Kier molecular flexibility index (Phi) is 6.01. The van der Waals surface area contributed by atoms with Gasteiger partial charge in [-0.2, -0.15) is 8.42 Å². The third kappa shape index (κ3) is 4.95. The average molecular weight is 280 g/mol. The molecule has 0 spiro atoms. The van der Waals surface area contributed by atoms with Crippen LogP contribution in [-0.2, 0) is 29.1 Å². The lowest BCUT2D eigenvalue weighted by Crippen LogP contribution is -2.14. The van der Waals surface area contributed by atoms with Gasteiger partial charge in [0.15, 0.2) is 0 Å². The second kappa shape index (κ2) is 7.05. The Morgan fingerprint density at radius 2 is 1.58 bits per heavy atom. The van der Waals surface area contributed by atoms with E-state index in [9.17, 15) is 8.42 Å². The Morgan fingerprint density at radius 1 is 1.05 bits per heavy atom. The molecule has 0 radical (unpaired) electrons. The standard InChI is InChI=1S/C11H19B3O4S/c12-5-8-3-9(6-13)11(10(4-8)7-14)18-1-2-19(15,16)17/h3-4H,1-2,5-7,12-14H2,(H,15,16,17). The first-order valence-corrected chi connectivity index (χ1v) is 8.24. The normalized spacial score (nSPS) is 11.4. The highest BCUT2D eigenvalue weighted by Crippen LogP contribution is 2.26. The van der Waals surface area contributed by atoms with E-state index in [-0.39, 0.29) is 12.4 Å². The first-order valence-electron chi connectivity index (χ1n) is 6.63. The fourth-order valence-corrected chi connectivity index (χ4v) is 2.28. The molecule has 1 N–H and O–H groups in total. The van der Waals surface area contributed by atoms with Crippen LogP contribution >= 0.6 is 0 Å². The molecule has 0 aromatic heterocycles. The van der Waals surface area contributed by atoms with Crippen molar-refractivity contribution in [2.24, 2.45) is 0 Å². The molecular weight excluding hydrogens is 261 g/mol. The summed E-state index contributed by atoms with van der Waals surface area (Å²) in [6.45, 7) is -0.0235. The molecule has 0 aliphatic carbocycles. The summed E-state index contributed by atoms with van der Waals surface area (Å²) in [5.41, 5.74) is 3.44. The summed E-state index contributed by atoms with van der Waals surface area (Å²) in [7, 11) is 2.22. The van der Waals surface area contributed by atoms with Gasteiger partial charge in [0, 0.05) is 0 Å². The van der Waals surface area contributed by atoms with Gasteiger partial charge in [0.05, 0.1) is 0 Å². The van der Waals surface area contributed by atoms with Crippen LogP contribution in [0.25, 0.3) is 0 Å². The molecule has 0 aliphatic heterocycles. The van der Waals surface area contributed by atoms with E-state index in [0.717, 1.165) is 35.8 Å². The summed E-state index contributed by atoms with van der Waals surface area (Å²) in [5, 5.41) is 0. The lowest BCUT2D eigenvalue weighted by Gasteiger charge is -2.16. The minimum atomic E-state index is -3.97. The van der Waals surface area contributed by atoms with Crippen LogP contribution in [0, 0.1) is 0 Å². The predicted octanol–water partition coefficient (Wildman–Crippen LogP) is -1.65. The number of benzene rings is 1. The van der Waals surface area contributed by atoms with Gasteiger partial charge in [-0.15, -0.1) is 0 Å². The molecule has 0 saturated carbocycles. The first-order chi connectivity index (χ1) is 8.91. The fourth-order valence-electron chi connectivity index (χ4n) is 1.99. The highest BCUT2D eigenvalue weighted by molar-refractivity contribution is 7.85. The van der Waals surface area contributed by atoms with Crippen molar-refractivity contribution < 1.29 is 17.7 Å². The monoisotopic (exact) mass is 280 g/mol.